The van der Waals surface area contributed by atoms with Crippen LogP contribution in [0.3, 0.4) is 0 Å². The Labute approximate surface area is 184 Å². The fourth-order valence-electron chi connectivity index (χ4n) is 2.83. The van der Waals surface area contributed by atoms with Crippen molar-refractivity contribution in [1.82, 2.24) is 20.8 Å². The predicted octanol–water partition coefficient (Wildman–Crippen LogP) is 3.26. The molecule has 0 saturated carbocycles. The van der Waals surface area contributed by atoms with Crippen LogP contribution in [0.2, 0.25) is 5.02 Å². The number of aromatic nitrogens is 2. The molecule has 1 heterocycles. The minimum absolute atomic E-state index is 0.0504. The molecule has 0 aliphatic carbocycles. The number of carbonyl (C=O) groups excluding carboxylic acids is 2. The second-order valence-corrected chi connectivity index (χ2v) is 7.45. The molecular formula is C22H23ClN4O4. The third-order valence-electron chi connectivity index (χ3n) is 4.30. The van der Waals surface area contributed by atoms with Gasteiger partial charge in [0.15, 0.2) is 5.82 Å². The lowest BCUT2D eigenvalue weighted by atomic mass is 10.1. The summed E-state index contributed by atoms with van der Waals surface area (Å²) in [6.07, 6.45) is 0.00912. The smallest absolute Gasteiger partial charge is 0.257 e. The topological polar surface area (TPSA) is 106 Å². The summed E-state index contributed by atoms with van der Waals surface area (Å²) in [6, 6.07) is 13.1. The van der Waals surface area contributed by atoms with Crippen LogP contribution in [-0.2, 0) is 11.2 Å². The number of ether oxygens (including phenoxy) is 1. The van der Waals surface area contributed by atoms with E-state index in [2.05, 4.69) is 20.8 Å². The number of nitrogens with one attached hydrogen (secondary N) is 2. The van der Waals surface area contributed by atoms with Crippen molar-refractivity contribution in [3.63, 3.8) is 0 Å². The van der Waals surface area contributed by atoms with Crippen LogP contribution >= 0.6 is 11.6 Å². The molecule has 0 aliphatic heterocycles. The molecule has 2 aromatic carbocycles. The summed E-state index contributed by atoms with van der Waals surface area (Å²) in [5, 5.41) is 9.47. The Morgan fingerprint density at radius 1 is 1.16 bits per heavy atom. The molecule has 3 aromatic rings. The van der Waals surface area contributed by atoms with Gasteiger partial charge in [0, 0.05) is 24.6 Å². The summed E-state index contributed by atoms with van der Waals surface area (Å²) in [6.45, 7) is 3.76. The number of hydrogen-bond donors (Lipinski definition) is 2. The molecule has 1 aromatic heterocycles. The van der Waals surface area contributed by atoms with Crippen LogP contribution < -0.4 is 15.4 Å². The number of rotatable bonds is 8. The summed E-state index contributed by atoms with van der Waals surface area (Å²) in [5.74, 6) is 0.275. The van der Waals surface area contributed by atoms with Crippen LogP contribution in [0.5, 0.6) is 5.75 Å². The molecular weight excluding hydrogens is 420 g/mol. The summed E-state index contributed by atoms with van der Waals surface area (Å²) < 4.78 is 10.9. The lowest BCUT2D eigenvalue weighted by Gasteiger charge is -2.16. The largest absolute Gasteiger partial charge is 0.489 e. The van der Waals surface area contributed by atoms with E-state index in [9.17, 15) is 9.59 Å². The van der Waals surface area contributed by atoms with Crippen molar-refractivity contribution in [3.8, 4) is 17.2 Å². The maximum atomic E-state index is 12.7. The Bertz CT molecular complexity index is 1050. The zero-order valence-corrected chi connectivity index (χ0v) is 18.1. The predicted molar refractivity (Wildman–Crippen MR) is 116 cm³/mol. The van der Waals surface area contributed by atoms with Gasteiger partial charge >= 0.3 is 0 Å². The monoisotopic (exact) mass is 442 g/mol. The van der Waals surface area contributed by atoms with Gasteiger partial charge in [0.2, 0.25) is 5.91 Å². The van der Waals surface area contributed by atoms with Crippen molar-refractivity contribution in [1.29, 1.82) is 0 Å². The first-order valence-corrected chi connectivity index (χ1v) is 10.1. The van der Waals surface area contributed by atoms with Crippen LogP contribution in [0.25, 0.3) is 11.5 Å². The van der Waals surface area contributed by atoms with Gasteiger partial charge in [0.25, 0.3) is 11.8 Å². The Morgan fingerprint density at radius 3 is 2.55 bits per heavy atom. The Kier molecular flexibility index (Phi) is 7.25. The standard InChI is InChI=1S/C22H23ClN4O4/c1-13(2)30-18-10-9-15(11-16(18)23)20(28)25-17(21(29)24-3)12-19-26-22(31-27-19)14-7-5-4-6-8-14/h4-11,13,17H,12H2,1-3H3,(H,24,29)(H,25,28)/t17-/m0/s1. The molecule has 31 heavy (non-hydrogen) atoms. The maximum absolute atomic E-state index is 12.7. The third-order valence-corrected chi connectivity index (χ3v) is 4.60. The highest BCUT2D eigenvalue weighted by molar-refractivity contribution is 6.32. The summed E-state index contributed by atoms with van der Waals surface area (Å²) >= 11 is 6.22. The normalized spacial score (nSPS) is 11.8. The summed E-state index contributed by atoms with van der Waals surface area (Å²) in [4.78, 5) is 29.4. The van der Waals surface area contributed by atoms with Gasteiger partial charge in [-0.3, -0.25) is 9.59 Å². The lowest BCUT2D eigenvalue weighted by molar-refractivity contribution is -0.122. The van der Waals surface area contributed by atoms with E-state index in [1.807, 2.05) is 44.2 Å². The molecule has 0 bridgehead atoms. The van der Waals surface area contributed by atoms with E-state index < -0.39 is 11.9 Å². The molecule has 2 amide bonds. The van der Waals surface area contributed by atoms with Crippen molar-refractivity contribution in [3.05, 3.63) is 64.9 Å². The number of carbonyl (C=O) groups is 2. The quantitative estimate of drug-likeness (QED) is 0.554. The van der Waals surface area contributed by atoms with Crippen LogP contribution in [0.4, 0.5) is 0 Å². The average Bonchev–Trinajstić information content (AvgIpc) is 3.23. The van der Waals surface area contributed by atoms with E-state index in [4.69, 9.17) is 20.9 Å². The maximum Gasteiger partial charge on any atom is 0.257 e. The molecule has 2 N–H and O–H groups in total. The number of likely N-dealkylation sites (N-methyl/N-ethyl adjacent to an activating group) is 1. The van der Waals surface area contributed by atoms with Crippen LogP contribution in [0.15, 0.2) is 53.1 Å². The molecule has 0 fully saturated rings. The number of nitrogens with zero attached hydrogens (tertiary/aromatic N) is 2. The first kappa shape index (κ1) is 22.3. The Morgan fingerprint density at radius 2 is 1.90 bits per heavy atom. The van der Waals surface area contributed by atoms with Crippen molar-refractivity contribution in [2.24, 2.45) is 0 Å². The molecule has 3 rings (SSSR count). The molecule has 9 heteroatoms. The minimum atomic E-state index is -0.899. The third kappa shape index (κ3) is 5.82. The van der Waals surface area contributed by atoms with E-state index in [1.165, 1.54) is 13.1 Å². The van der Waals surface area contributed by atoms with Crippen LogP contribution in [-0.4, -0.2) is 41.1 Å². The number of halogens is 1. The van der Waals surface area contributed by atoms with Gasteiger partial charge in [-0.2, -0.15) is 4.98 Å². The van der Waals surface area contributed by atoms with E-state index in [0.29, 0.717) is 28.1 Å². The Balaban J connectivity index is 1.73. The van der Waals surface area contributed by atoms with Gasteiger partial charge in [-0.05, 0) is 44.2 Å². The summed E-state index contributed by atoms with van der Waals surface area (Å²) in [5.41, 5.74) is 1.06. The van der Waals surface area contributed by atoms with Gasteiger partial charge in [-0.1, -0.05) is 35.0 Å². The van der Waals surface area contributed by atoms with Gasteiger partial charge in [0.05, 0.1) is 11.1 Å². The van der Waals surface area contributed by atoms with Crippen molar-refractivity contribution < 1.29 is 18.8 Å². The SMILES string of the molecule is CNC(=O)[C@H](Cc1noc(-c2ccccc2)n1)NC(=O)c1ccc(OC(C)C)c(Cl)c1. The molecule has 0 spiro atoms. The fourth-order valence-corrected chi connectivity index (χ4v) is 3.06. The number of benzene rings is 2. The second-order valence-electron chi connectivity index (χ2n) is 7.04. The molecule has 0 radical (unpaired) electrons. The molecule has 0 aliphatic rings. The zero-order valence-electron chi connectivity index (χ0n) is 17.4. The Hall–Kier alpha value is -3.39. The van der Waals surface area contributed by atoms with Crippen molar-refractivity contribution in [2.45, 2.75) is 32.4 Å². The first-order valence-electron chi connectivity index (χ1n) is 9.74. The van der Waals surface area contributed by atoms with Crippen molar-refractivity contribution >= 4 is 23.4 Å². The van der Waals surface area contributed by atoms with Gasteiger partial charge in [-0.15, -0.1) is 0 Å². The second kappa shape index (κ2) is 10.1. The lowest BCUT2D eigenvalue weighted by Crippen LogP contribution is -2.47. The van der Waals surface area contributed by atoms with Crippen LogP contribution in [0.1, 0.15) is 30.0 Å². The number of amides is 2. The highest BCUT2D eigenvalue weighted by Crippen LogP contribution is 2.26. The molecule has 8 nitrogen and oxygen atoms in total. The van der Waals surface area contributed by atoms with Gasteiger partial charge in [0.1, 0.15) is 11.8 Å². The molecule has 162 valence electrons. The average molecular weight is 443 g/mol. The first-order chi connectivity index (χ1) is 14.9. The summed E-state index contributed by atoms with van der Waals surface area (Å²) in [7, 11) is 1.49. The van der Waals surface area contributed by atoms with Crippen molar-refractivity contribution in [2.75, 3.05) is 7.05 Å². The van der Waals surface area contributed by atoms with Gasteiger partial charge < -0.3 is 19.9 Å². The molecule has 0 unspecified atom stereocenters. The zero-order chi connectivity index (χ0) is 22.4. The van der Waals surface area contributed by atoms with E-state index in [-0.39, 0.29) is 18.4 Å². The van der Waals surface area contributed by atoms with E-state index >= 15 is 0 Å². The molecule has 1 atom stereocenters. The molecule has 0 saturated heterocycles. The van der Waals surface area contributed by atoms with Crippen LogP contribution in [0, 0.1) is 0 Å². The minimum Gasteiger partial charge on any atom is -0.489 e. The van der Waals surface area contributed by atoms with Gasteiger partial charge in [-0.25, -0.2) is 0 Å². The number of hydrogen-bond acceptors (Lipinski definition) is 6. The highest BCUT2D eigenvalue weighted by atomic mass is 35.5. The fraction of sp³-hybridized carbons (Fsp3) is 0.273. The highest BCUT2D eigenvalue weighted by Gasteiger charge is 2.24. The van der Waals surface area contributed by atoms with E-state index in [0.717, 1.165) is 5.56 Å². The van der Waals surface area contributed by atoms with E-state index in [1.54, 1.807) is 12.1 Å².